The number of halogens is 6. The van der Waals surface area contributed by atoms with Gasteiger partial charge < -0.3 is 9.47 Å². The van der Waals surface area contributed by atoms with E-state index in [0.717, 1.165) is 30.3 Å². The fourth-order valence-corrected chi connectivity index (χ4v) is 2.34. The fraction of sp³-hybridized carbons (Fsp3) is 0.235. The van der Waals surface area contributed by atoms with E-state index in [-0.39, 0.29) is 12.2 Å². The van der Waals surface area contributed by atoms with Gasteiger partial charge in [-0.2, -0.15) is 13.2 Å². The number of esters is 1. The van der Waals surface area contributed by atoms with Gasteiger partial charge in [-0.05, 0) is 36.2 Å². The first-order valence-electron chi connectivity index (χ1n) is 7.26. The molecule has 3 nitrogen and oxygen atoms in total. The Bertz CT molecular complexity index is 796. The van der Waals surface area contributed by atoms with E-state index in [2.05, 4.69) is 9.47 Å². The molecule has 0 saturated carbocycles. The van der Waals surface area contributed by atoms with Gasteiger partial charge in [0.1, 0.15) is 5.75 Å². The number of carbonyl (C=O) groups excluding carboxylic acids is 1. The van der Waals surface area contributed by atoms with Crippen LogP contribution in [0, 0.1) is 0 Å². The number of rotatable bonds is 4. The zero-order valence-corrected chi connectivity index (χ0v) is 13.2. The van der Waals surface area contributed by atoms with Crippen molar-refractivity contribution in [1.82, 2.24) is 0 Å². The Labute approximate surface area is 144 Å². The molecule has 26 heavy (non-hydrogen) atoms. The van der Waals surface area contributed by atoms with Gasteiger partial charge in [0.05, 0.1) is 17.7 Å². The number of hydrogen-bond acceptors (Lipinski definition) is 3. The van der Waals surface area contributed by atoms with E-state index in [4.69, 9.17) is 0 Å². The lowest BCUT2D eigenvalue weighted by atomic mass is 9.94. The van der Waals surface area contributed by atoms with Crippen molar-refractivity contribution in [2.24, 2.45) is 0 Å². The third kappa shape index (κ3) is 4.68. The molecule has 0 aromatic heterocycles. The first kappa shape index (κ1) is 19.6. The Morgan fingerprint density at radius 2 is 1.65 bits per heavy atom. The highest BCUT2D eigenvalue weighted by molar-refractivity contribution is 5.94. The van der Waals surface area contributed by atoms with Crippen LogP contribution in [0.4, 0.5) is 26.3 Å². The third-order valence-corrected chi connectivity index (χ3v) is 3.22. The van der Waals surface area contributed by atoms with Crippen LogP contribution in [0.2, 0.25) is 0 Å². The highest BCUT2D eigenvalue weighted by Gasteiger charge is 2.39. The Balaban J connectivity index is 2.61. The number of ether oxygens (including phenoxy) is 2. The van der Waals surface area contributed by atoms with Crippen molar-refractivity contribution < 1.29 is 40.6 Å². The number of carbonyl (C=O) groups is 1. The lowest BCUT2D eigenvalue weighted by Crippen LogP contribution is -2.17. The summed E-state index contributed by atoms with van der Waals surface area (Å²) < 4.78 is 86.0. The van der Waals surface area contributed by atoms with Crippen LogP contribution in [0.3, 0.4) is 0 Å². The zero-order valence-electron chi connectivity index (χ0n) is 13.2. The summed E-state index contributed by atoms with van der Waals surface area (Å²) >= 11 is 0. The minimum atomic E-state index is -4.99. The van der Waals surface area contributed by atoms with E-state index in [0.29, 0.717) is 0 Å². The van der Waals surface area contributed by atoms with Gasteiger partial charge >= 0.3 is 18.5 Å². The van der Waals surface area contributed by atoms with Gasteiger partial charge in [-0.1, -0.05) is 24.3 Å². The van der Waals surface area contributed by atoms with Crippen molar-refractivity contribution in [2.45, 2.75) is 19.5 Å². The van der Waals surface area contributed by atoms with Crippen LogP contribution in [0.25, 0.3) is 11.1 Å². The lowest BCUT2D eigenvalue weighted by molar-refractivity contribution is -0.274. The SMILES string of the molecule is CCOC(=O)c1cccc(-c2cccc(OC(F)(F)F)c2)c1C(F)(F)F. The molecule has 9 heteroatoms. The Morgan fingerprint density at radius 3 is 2.23 bits per heavy atom. The standard InChI is InChI=1S/C17H12F6O3/c1-2-25-15(24)13-8-4-7-12(14(13)16(18,19)20)10-5-3-6-11(9-10)26-17(21,22)23/h3-9H,2H2,1H3. The second-order valence-corrected chi connectivity index (χ2v) is 5.02. The minimum Gasteiger partial charge on any atom is -0.462 e. The molecule has 0 fully saturated rings. The average Bonchev–Trinajstić information content (AvgIpc) is 2.52. The fourth-order valence-electron chi connectivity index (χ4n) is 2.34. The molecule has 140 valence electrons. The first-order chi connectivity index (χ1) is 12.0. The lowest BCUT2D eigenvalue weighted by Gasteiger charge is -2.17. The average molecular weight is 378 g/mol. The van der Waals surface area contributed by atoms with Crippen molar-refractivity contribution in [1.29, 1.82) is 0 Å². The molecule has 0 heterocycles. The van der Waals surface area contributed by atoms with Crippen LogP contribution in [0.1, 0.15) is 22.8 Å². The summed E-state index contributed by atoms with van der Waals surface area (Å²) in [5.41, 5.74) is -2.66. The monoisotopic (exact) mass is 378 g/mol. The van der Waals surface area contributed by atoms with Crippen molar-refractivity contribution in [3.63, 3.8) is 0 Å². The molecule has 0 aliphatic heterocycles. The van der Waals surface area contributed by atoms with Gasteiger partial charge in [-0.25, -0.2) is 4.79 Å². The maximum absolute atomic E-state index is 13.5. The summed E-state index contributed by atoms with van der Waals surface area (Å²) in [5.74, 6) is -1.85. The molecular formula is C17H12F6O3. The Morgan fingerprint density at radius 1 is 1.00 bits per heavy atom. The summed E-state index contributed by atoms with van der Waals surface area (Å²) in [6, 6.07) is 7.26. The maximum Gasteiger partial charge on any atom is 0.573 e. The molecular weight excluding hydrogens is 366 g/mol. The van der Waals surface area contributed by atoms with Gasteiger partial charge in [0.2, 0.25) is 0 Å². The molecule has 0 aliphatic rings. The smallest absolute Gasteiger partial charge is 0.462 e. The topological polar surface area (TPSA) is 35.5 Å². The van der Waals surface area contributed by atoms with E-state index in [1.54, 1.807) is 0 Å². The highest BCUT2D eigenvalue weighted by atomic mass is 19.4. The zero-order chi connectivity index (χ0) is 19.5. The van der Waals surface area contributed by atoms with Crippen LogP contribution < -0.4 is 4.74 Å². The molecule has 2 aromatic rings. The predicted molar refractivity (Wildman–Crippen MR) is 79.5 cm³/mol. The second-order valence-electron chi connectivity index (χ2n) is 5.02. The van der Waals surface area contributed by atoms with Crippen molar-refractivity contribution in [3.8, 4) is 16.9 Å². The Hall–Kier alpha value is -2.71. The number of benzene rings is 2. The molecule has 0 bridgehead atoms. The summed E-state index contributed by atoms with van der Waals surface area (Å²) in [7, 11) is 0. The van der Waals surface area contributed by atoms with Gasteiger partial charge in [-0.3, -0.25) is 0 Å². The van der Waals surface area contributed by atoms with Crippen LogP contribution in [0.15, 0.2) is 42.5 Å². The summed E-state index contributed by atoms with van der Waals surface area (Å²) in [5, 5.41) is 0. The van der Waals surface area contributed by atoms with Crippen molar-refractivity contribution in [3.05, 3.63) is 53.6 Å². The molecule has 2 rings (SSSR count). The largest absolute Gasteiger partial charge is 0.573 e. The Kier molecular flexibility index (Phi) is 5.48. The molecule has 0 N–H and O–H groups in total. The van der Waals surface area contributed by atoms with Crippen LogP contribution in [-0.4, -0.2) is 18.9 Å². The quantitative estimate of drug-likeness (QED) is 0.524. The van der Waals surface area contributed by atoms with Crippen LogP contribution in [-0.2, 0) is 10.9 Å². The molecule has 0 radical (unpaired) electrons. The number of alkyl halides is 6. The molecule has 0 atom stereocenters. The van der Waals surface area contributed by atoms with E-state index in [1.807, 2.05) is 0 Å². The van der Waals surface area contributed by atoms with E-state index >= 15 is 0 Å². The first-order valence-corrected chi connectivity index (χ1v) is 7.26. The van der Waals surface area contributed by atoms with Gasteiger partial charge in [0.25, 0.3) is 0 Å². The number of hydrogen-bond donors (Lipinski definition) is 0. The molecule has 0 unspecified atom stereocenters. The summed E-state index contributed by atoms with van der Waals surface area (Å²) in [6.07, 6.45) is -9.92. The van der Waals surface area contributed by atoms with Crippen molar-refractivity contribution in [2.75, 3.05) is 6.61 Å². The van der Waals surface area contributed by atoms with Crippen molar-refractivity contribution >= 4 is 5.97 Å². The van der Waals surface area contributed by atoms with E-state index < -0.39 is 40.9 Å². The molecule has 0 amide bonds. The van der Waals surface area contributed by atoms with Gasteiger partial charge in [0.15, 0.2) is 0 Å². The highest BCUT2D eigenvalue weighted by Crippen LogP contribution is 2.40. The summed E-state index contributed by atoms with van der Waals surface area (Å²) in [4.78, 5) is 11.9. The normalized spacial score (nSPS) is 12.0. The van der Waals surface area contributed by atoms with E-state index in [1.165, 1.54) is 19.1 Å². The molecule has 2 aromatic carbocycles. The van der Waals surface area contributed by atoms with Gasteiger partial charge in [0, 0.05) is 0 Å². The molecule has 0 aliphatic carbocycles. The maximum atomic E-state index is 13.5. The minimum absolute atomic E-state index is 0.130. The van der Waals surface area contributed by atoms with Crippen LogP contribution >= 0.6 is 0 Å². The summed E-state index contributed by atoms with van der Waals surface area (Å²) in [6.45, 7) is 1.31. The van der Waals surface area contributed by atoms with E-state index in [9.17, 15) is 31.1 Å². The second kappa shape index (κ2) is 7.27. The third-order valence-electron chi connectivity index (χ3n) is 3.22. The van der Waals surface area contributed by atoms with Crippen LogP contribution in [0.5, 0.6) is 5.75 Å². The predicted octanol–water partition coefficient (Wildman–Crippen LogP) is 5.45. The van der Waals surface area contributed by atoms with Gasteiger partial charge in [-0.15, -0.1) is 13.2 Å². The molecule has 0 saturated heterocycles. The molecule has 0 spiro atoms.